The molecular weight excluding hydrogens is 369 g/mol. The molecule has 7 nitrogen and oxygen atoms in total. The SMILES string of the molecule is CCOc1ccccc1C(=O)NCC(=O)OCC(=O)c1ccc(OC)c(F)c1. The fraction of sp³-hybridized carbons (Fsp3) is 0.250. The highest BCUT2D eigenvalue weighted by atomic mass is 19.1. The number of ether oxygens (including phenoxy) is 3. The number of Topliss-reactive ketones (excluding diaryl/α,β-unsaturated/α-hetero) is 1. The molecule has 0 saturated carbocycles. The van der Waals surface area contributed by atoms with Crippen LogP contribution >= 0.6 is 0 Å². The average molecular weight is 389 g/mol. The van der Waals surface area contributed by atoms with Crippen LogP contribution in [-0.4, -0.2) is 44.5 Å². The zero-order valence-corrected chi connectivity index (χ0v) is 15.5. The summed E-state index contributed by atoms with van der Waals surface area (Å²) in [6, 6.07) is 10.3. The van der Waals surface area contributed by atoms with E-state index in [1.807, 2.05) is 0 Å². The van der Waals surface area contributed by atoms with E-state index in [-0.39, 0.29) is 16.9 Å². The first-order valence-electron chi connectivity index (χ1n) is 8.48. The number of hydrogen-bond donors (Lipinski definition) is 1. The first-order chi connectivity index (χ1) is 13.5. The van der Waals surface area contributed by atoms with Gasteiger partial charge in [0, 0.05) is 5.56 Å². The predicted octanol–water partition coefficient (Wildman–Crippen LogP) is 2.39. The largest absolute Gasteiger partial charge is 0.494 e. The van der Waals surface area contributed by atoms with E-state index in [1.54, 1.807) is 31.2 Å². The van der Waals surface area contributed by atoms with Crippen LogP contribution in [0, 0.1) is 5.82 Å². The normalized spacial score (nSPS) is 10.1. The fourth-order valence-electron chi connectivity index (χ4n) is 2.30. The molecule has 0 atom stereocenters. The van der Waals surface area contributed by atoms with Crippen LogP contribution in [0.2, 0.25) is 0 Å². The van der Waals surface area contributed by atoms with Crippen molar-refractivity contribution in [2.45, 2.75) is 6.92 Å². The van der Waals surface area contributed by atoms with Gasteiger partial charge in [-0.2, -0.15) is 0 Å². The Labute approximate surface area is 161 Å². The van der Waals surface area contributed by atoms with Crippen molar-refractivity contribution in [3.8, 4) is 11.5 Å². The molecule has 0 aliphatic heterocycles. The highest BCUT2D eigenvalue weighted by molar-refractivity contribution is 5.99. The third kappa shape index (κ3) is 5.54. The lowest BCUT2D eigenvalue weighted by Crippen LogP contribution is -2.31. The van der Waals surface area contributed by atoms with E-state index in [9.17, 15) is 18.8 Å². The highest BCUT2D eigenvalue weighted by Gasteiger charge is 2.15. The lowest BCUT2D eigenvalue weighted by Gasteiger charge is -2.10. The quantitative estimate of drug-likeness (QED) is 0.523. The van der Waals surface area contributed by atoms with Gasteiger partial charge in [0.15, 0.2) is 24.0 Å². The number of para-hydroxylation sites is 1. The Balaban J connectivity index is 1.85. The maximum atomic E-state index is 13.6. The maximum absolute atomic E-state index is 13.6. The molecule has 2 aromatic rings. The third-order valence-corrected chi connectivity index (χ3v) is 3.66. The standard InChI is InChI=1S/C20H20FNO6/c1-3-27-17-7-5-4-6-14(17)20(25)22-11-19(24)28-12-16(23)13-8-9-18(26-2)15(21)10-13/h4-10H,3,11-12H2,1-2H3,(H,22,25). The van der Waals surface area contributed by atoms with Gasteiger partial charge in [-0.3, -0.25) is 14.4 Å². The number of carbonyl (C=O) groups is 3. The molecule has 1 amide bonds. The second-order valence-corrected chi connectivity index (χ2v) is 5.55. The second-order valence-electron chi connectivity index (χ2n) is 5.55. The molecule has 0 aromatic heterocycles. The Bertz CT molecular complexity index is 868. The predicted molar refractivity (Wildman–Crippen MR) is 98.2 cm³/mol. The summed E-state index contributed by atoms with van der Waals surface area (Å²) in [6.07, 6.45) is 0. The number of halogens is 1. The summed E-state index contributed by atoms with van der Waals surface area (Å²) in [4.78, 5) is 35.9. The van der Waals surface area contributed by atoms with Crippen LogP contribution in [0.25, 0.3) is 0 Å². The van der Waals surface area contributed by atoms with Crippen LogP contribution in [-0.2, 0) is 9.53 Å². The van der Waals surface area contributed by atoms with Gasteiger partial charge in [-0.15, -0.1) is 0 Å². The average Bonchev–Trinajstić information content (AvgIpc) is 2.70. The minimum absolute atomic E-state index is 0.00333. The molecule has 0 aliphatic rings. The number of carbonyl (C=O) groups excluding carboxylic acids is 3. The number of amides is 1. The van der Waals surface area contributed by atoms with E-state index < -0.39 is 36.6 Å². The van der Waals surface area contributed by atoms with E-state index >= 15 is 0 Å². The van der Waals surface area contributed by atoms with Gasteiger partial charge in [-0.05, 0) is 37.3 Å². The van der Waals surface area contributed by atoms with Crippen molar-refractivity contribution in [3.05, 3.63) is 59.4 Å². The Kier molecular flexibility index (Phi) is 7.50. The van der Waals surface area contributed by atoms with Gasteiger partial charge in [0.2, 0.25) is 0 Å². The summed E-state index contributed by atoms with van der Waals surface area (Å²) in [6.45, 7) is 1.18. The van der Waals surface area contributed by atoms with Crippen LogP contribution in [0.15, 0.2) is 42.5 Å². The Morgan fingerprint density at radius 1 is 1.07 bits per heavy atom. The van der Waals surface area contributed by atoms with Gasteiger partial charge >= 0.3 is 5.97 Å². The first kappa shape index (κ1) is 20.9. The van der Waals surface area contributed by atoms with Gasteiger partial charge in [-0.1, -0.05) is 12.1 Å². The van der Waals surface area contributed by atoms with Gasteiger partial charge in [-0.25, -0.2) is 4.39 Å². The third-order valence-electron chi connectivity index (χ3n) is 3.66. The Morgan fingerprint density at radius 2 is 1.82 bits per heavy atom. The number of rotatable bonds is 9. The van der Waals surface area contributed by atoms with Crippen molar-refractivity contribution < 1.29 is 33.0 Å². The van der Waals surface area contributed by atoms with Crippen molar-refractivity contribution in [2.75, 3.05) is 26.9 Å². The van der Waals surface area contributed by atoms with Crippen molar-refractivity contribution in [1.82, 2.24) is 5.32 Å². The zero-order valence-electron chi connectivity index (χ0n) is 15.5. The lowest BCUT2D eigenvalue weighted by molar-refractivity contribution is -0.141. The van der Waals surface area contributed by atoms with Gasteiger partial charge < -0.3 is 19.5 Å². The monoisotopic (exact) mass is 389 g/mol. The number of hydrogen-bond acceptors (Lipinski definition) is 6. The maximum Gasteiger partial charge on any atom is 0.325 e. The van der Waals surface area contributed by atoms with Crippen molar-refractivity contribution in [2.24, 2.45) is 0 Å². The number of nitrogens with one attached hydrogen (secondary N) is 1. The van der Waals surface area contributed by atoms with Crippen LogP contribution < -0.4 is 14.8 Å². The number of ketones is 1. The molecule has 28 heavy (non-hydrogen) atoms. The molecule has 0 spiro atoms. The molecular formula is C20H20FNO6. The topological polar surface area (TPSA) is 90.9 Å². The van der Waals surface area contributed by atoms with Gasteiger partial charge in [0.1, 0.15) is 12.3 Å². The molecule has 0 unspecified atom stereocenters. The summed E-state index contributed by atoms with van der Waals surface area (Å²) in [7, 11) is 1.31. The van der Waals surface area contributed by atoms with Crippen molar-refractivity contribution in [3.63, 3.8) is 0 Å². The molecule has 0 saturated heterocycles. The van der Waals surface area contributed by atoms with Crippen LogP contribution in [0.4, 0.5) is 4.39 Å². The molecule has 0 bridgehead atoms. The molecule has 2 rings (SSSR count). The number of benzene rings is 2. The molecule has 0 fully saturated rings. The summed E-state index contributed by atoms with van der Waals surface area (Å²) in [5.41, 5.74) is 0.322. The summed E-state index contributed by atoms with van der Waals surface area (Å²) < 4.78 is 28.6. The molecule has 0 heterocycles. The zero-order chi connectivity index (χ0) is 20.5. The van der Waals surface area contributed by atoms with Crippen molar-refractivity contribution in [1.29, 1.82) is 0 Å². The Morgan fingerprint density at radius 3 is 2.50 bits per heavy atom. The molecule has 2 aromatic carbocycles. The van der Waals surface area contributed by atoms with Crippen molar-refractivity contribution >= 4 is 17.7 Å². The van der Waals surface area contributed by atoms with E-state index in [4.69, 9.17) is 14.2 Å². The molecule has 8 heteroatoms. The smallest absolute Gasteiger partial charge is 0.325 e. The highest BCUT2D eigenvalue weighted by Crippen LogP contribution is 2.18. The van der Waals surface area contributed by atoms with Gasteiger partial charge in [0.05, 0.1) is 19.3 Å². The molecule has 1 N–H and O–H groups in total. The van der Waals surface area contributed by atoms with Gasteiger partial charge in [0.25, 0.3) is 5.91 Å². The lowest BCUT2D eigenvalue weighted by atomic mass is 10.1. The molecule has 0 aliphatic carbocycles. The first-order valence-corrected chi connectivity index (χ1v) is 8.48. The summed E-state index contributed by atoms with van der Waals surface area (Å²) in [5.74, 6) is -2.19. The van der Waals surface area contributed by atoms with E-state index in [2.05, 4.69) is 5.32 Å². The second kappa shape index (κ2) is 10.1. The summed E-state index contributed by atoms with van der Waals surface area (Å²) in [5, 5.41) is 2.40. The Hall–Kier alpha value is -3.42. The van der Waals surface area contributed by atoms with E-state index in [0.717, 1.165) is 6.07 Å². The number of methoxy groups -OCH3 is 1. The number of esters is 1. The van der Waals surface area contributed by atoms with E-state index in [0.29, 0.717) is 12.4 Å². The molecule has 0 radical (unpaired) electrons. The van der Waals surface area contributed by atoms with Crippen LogP contribution in [0.1, 0.15) is 27.6 Å². The minimum atomic E-state index is -0.801. The minimum Gasteiger partial charge on any atom is -0.494 e. The molecule has 148 valence electrons. The summed E-state index contributed by atoms with van der Waals surface area (Å²) >= 11 is 0. The van der Waals surface area contributed by atoms with Crippen LogP contribution in [0.5, 0.6) is 11.5 Å². The van der Waals surface area contributed by atoms with E-state index in [1.165, 1.54) is 19.2 Å². The van der Waals surface area contributed by atoms with Crippen LogP contribution in [0.3, 0.4) is 0 Å². The fourth-order valence-corrected chi connectivity index (χ4v) is 2.30.